The van der Waals surface area contributed by atoms with Gasteiger partial charge in [-0.2, -0.15) is 0 Å². The highest BCUT2D eigenvalue weighted by molar-refractivity contribution is 5.83. The Morgan fingerprint density at radius 2 is 2.06 bits per heavy atom. The minimum absolute atomic E-state index is 0.724. The maximum absolute atomic E-state index is 5.81. The van der Waals surface area contributed by atoms with Crippen LogP contribution in [0.15, 0.2) is 24.4 Å². The number of hydrogen-bond donors (Lipinski definition) is 1. The Balaban J connectivity index is 2.06. The van der Waals surface area contributed by atoms with Crippen LogP contribution in [0.5, 0.6) is 11.5 Å². The Hall–Kier alpha value is -1.64. The minimum Gasteiger partial charge on any atom is -0.493 e. The van der Waals surface area contributed by atoms with Gasteiger partial charge in [-0.15, -0.1) is 0 Å². The molecule has 18 heavy (non-hydrogen) atoms. The average molecular weight is 247 g/mol. The van der Waals surface area contributed by atoms with Crippen molar-refractivity contribution in [1.29, 1.82) is 0 Å². The van der Waals surface area contributed by atoms with Crippen LogP contribution in [-0.2, 0) is 0 Å². The first-order valence-electron chi connectivity index (χ1n) is 6.48. The van der Waals surface area contributed by atoms with Crippen LogP contribution in [0.25, 0.3) is 10.9 Å². The molecule has 1 aromatic heterocycles. The Bertz CT molecular complexity index is 502. The van der Waals surface area contributed by atoms with Crippen molar-refractivity contribution in [3.63, 3.8) is 0 Å². The molecule has 3 nitrogen and oxygen atoms in total. The van der Waals surface area contributed by atoms with Gasteiger partial charge in [-0.05, 0) is 30.9 Å². The molecule has 0 saturated carbocycles. The van der Waals surface area contributed by atoms with Crippen LogP contribution in [-0.4, -0.2) is 18.7 Å². The molecule has 0 unspecified atom stereocenters. The monoisotopic (exact) mass is 247 g/mol. The average Bonchev–Trinajstić information content (AvgIpc) is 2.80. The van der Waals surface area contributed by atoms with Crippen molar-refractivity contribution in [2.75, 3.05) is 13.7 Å². The van der Waals surface area contributed by atoms with Crippen LogP contribution in [0.1, 0.15) is 26.7 Å². The van der Waals surface area contributed by atoms with Gasteiger partial charge in [0.1, 0.15) is 0 Å². The zero-order valence-electron chi connectivity index (χ0n) is 11.3. The lowest BCUT2D eigenvalue weighted by molar-refractivity contribution is 0.280. The first kappa shape index (κ1) is 12.8. The molecule has 0 spiro atoms. The standard InChI is InChI=1S/C15H21NO2/c1-11(2)5-4-8-18-15-10-13-12(6-7-16-13)9-14(15)17-3/h6-7,9-11,16H,4-5,8H2,1-3H3. The van der Waals surface area contributed by atoms with E-state index in [1.165, 1.54) is 6.42 Å². The number of benzene rings is 1. The predicted molar refractivity (Wildman–Crippen MR) is 74.4 cm³/mol. The number of H-pyrrole nitrogens is 1. The van der Waals surface area contributed by atoms with E-state index in [1.54, 1.807) is 7.11 Å². The van der Waals surface area contributed by atoms with Gasteiger partial charge in [-0.1, -0.05) is 13.8 Å². The van der Waals surface area contributed by atoms with Gasteiger partial charge >= 0.3 is 0 Å². The molecule has 0 fully saturated rings. The molecule has 0 aliphatic carbocycles. The fourth-order valence-corrected chi connectivity index (χ4v) is 2.01. The lowest BCUT2D eigenvalue weighted by Gasteiger charge is -2.11. The van der Waals surface area contributed by atoms with Crippen LogP contribution >= 0.6 is 0 Å². The molecule has 1 N–H and O–H groups in total. The zero-order valence-corrected chi connectivity index (χ0v) is 11.3. The van der Waals surface area contributed by atoms with Gasteiger partial charge in [-0.3, -0.25) is 0 Å². The van der Waals surface area contributed by atoms with Gasteiger partial charge in [-0.25, -0.2) is 0 Å². The number of aromatic nitrogens is 1. The number of nitrogens with one attached hydrogen (secondary N) is 1. The highest BCUT2D eigenvalue weighted by Crippen LogP contribution is 2.32. The van der Waals surface area contributed by atoms with E-state index in [4.69, 9.17) is 9.47 Å². The number of hydrogen-bond acceptors (Lipinski definition) is 2. The van der Waals surface area contributed by atoms with E-state index in [0.717, 1.165) is 41.3 Å². The van der Waals surface area contributed by atoms with Crippen molar-refractivity contribution in [2.45, 2.75) is 26.7 Å². The SMILES string of the molecule is COc1cc2cc[nH]c2cc1OCCCC(C)C. The molecule has 0 atom stereocenters. The zero-order chi connectivity index (χ0) is 13.0. The third-order valence-electron chi connectivity index (χ3n) is 3.02. The van der Waals surface area contributed by atoms with E-state index in [2.05, 4.69) is 18.8 Å². The molecule has 0 aliphatic rings. The fourth-order valence-electron chi connectivity index (χ4n) is 2.01. The summed E-state index contributed by atoms with van der Waals surface area (Å²) in [6.45, 7) is 5.19. The van der Waals surface area contributed by atoms with E-state index < -0.39 is 0 Å². The third kappa shape index (κ3) is 2.97. The molecule has 1 aromatic carbocycles. The normalized spacial score (nSPS) is 11.1. The van der Waals surface area contributed by atoms with E-state index in [0.29, 0.717) is 0 Å². The summed E-state index contributed by atoms with van der Waals surface area (Å²) in [5.74, 6) is 2.34. The molecule has 0 bridgehead atoms. The van der Waals surface area contributed by atoms with Crippen LogP contribution in [0.4, 0.5) is 0 Å². The minimum atomic E-state index is 0.724. The second kappa shape index (κ2) is 5.80. The Morgan fingerprint density at radius 3 is 2.78 bits per heavy atom. The molecular weight excluding hydrogens is 226 g/mol. The quantitative estimate of drug-likeness (QED) is 0.783. The maximum atomic E-state index is 5.81. The van der Waals surface area contributed by atoms with Gasteiger partial charge in [0.2, 0.25) is 0 Å². The van der Waals surface area contributed by atoms with Crippen LogP contribution in [0, 0.1) is 5.92 Å². The molecule has 98 valence electrons. The van der Waals surface area contributed by atoms with Crippen molar-refractivity contribution < 1.29 is 9.47 Å². The van der Waals surface area contributed by atoms with Crippen LogP contribution < -0.4 is 9.47 Å². The first-order chi connectivity index (χ1) is 8.70. The molecular formula is C15H21NO2. The van der Waals surface area contributed by atoms with Crippen LogP contribution in [0.3, 0.4) is 0 Å². The summed E-state index contributed by atoms with van der Waals surface area (Å²) in [5.41, 5.74) is 1.08. The summed E-state index contributed by atoms with van der Waals surface area (Å²) >= 11 is 0. The largest absolute Gasteiger partial charge is 0.493 e. The summed E-state index contributed by atoms with van der Waals surface area (Å²) in [6, 6.07) is 6.04. The first-order valence-corrected chi connectivity index (χ1v) is 6.48. The van der Waals surface area contributed by atoms with Gasteiger partial charge in [0.05, 0.1) is 13.7 Å². The second-order valence-corrected chi connectivity index (χ2v) is 4.95. The topological polar surface area (TPSA) is 34.2 Å². The highest BCUT2D eigenvalue weighted by atomic mass is 16.5. The summed E-state index contributed by atoms with van der Waals surface area (Å²) in [6.07, 6.45) is 4.18. The number of fused-ring (bicyclic) bond motifs is 1. The number of methoxy groups -OCH3 is 1. The molecule has 3 heteroatoms. The smallest absolute Gasteiger partial charge is 0.163 e. The van der Waals surface area contributed by atoms with E-state index in [1.807, 2.05) is 24.4 Å². The summed E-state index contributed by atoms with van der Waals surface area (Å²) in [4.78, 5) is 3.18. The molecule has 2 aromatic rings. The van der Waals surface area contributed by atoms with Gasteiger partial charge in [0.15, 0.2) is 11.5 Å². The number of rotatable bonds is 6. The lowest BCUT2D eigenvalue weighted by atomic mass is 10.1. The summed E-state index contributed by atoms with van der Waals surface area (Å²) in [5, 5.41) is 1.14. The van der Waals surface area contributed by atoms with Crippen molar-refractivity contribution in [3.05, 3.63) is 24.4 Å². The van der Waals surface area contributed by atoms with Crippen LogP contribution in [0.2, 0.25) is 0 Å². The highest BCUT2D eigenvalue weighted by Gasteiger charge is 2.07. The van der Waals surface area contributed by atoms with Crippen molar-refractivity contribution in [2.24, 2.45) is 5.92 Å². The van der Waals surface area contributed by atoms with Crippen molar-refractivity contribution in [1.82, 2.24) is 4.98 Å². The van der Waals surface area contributed by atoms with Gasteiger partial charge < -0.3 is 14.5 Å². The summed E-state index contributed by atoms with van der Waals surface area (Å²) < 4.78 is 11.2. The Kier molecular flexibility index (Phi) is 4.13. The van der Waals surface area contributed by atoms with Crippen molar-refractivity contribution in [3.8, 4) is 11.5 Å². The summed E-state index contributed by atoms with van der Waals surface area (Å²) in [7, 11) is 1.68. The van der Waals surface area contributed by atoms with E-state index in [9.17, 15) is 0 Å². The Morgan fingerprint density at radius 1 is 1.22 bits per heavy atom. The van der Waals surface area contributed by atoms with E-state index >= 15 is 0 Å². The van der Waals surface area contributed by atoms with Gasteiger partial charge in [0, 0.05) is 23.2 Å². The molecule has 0 aliphatic heterocycles. The molecule has 0 amide bonds. The molecule has 0 radical (unpaired) electrons. The number of aromatic amines is 1. The van der Waals surface area contributed by atoms with E-state index in [-0.39, 0.29) is 0 Å². The lowest BCUT2D eigenvalue weighted by Crippen LogP contribution is -2.01. The fraction of sp³-hybridized carbons (Fsp3) is 0.467. The van der Waals surface area contributed by atoms with Gasteiger partial charge in [0.25, 0.3) is 0 Å². The molecule has 0 saturated heterocycles. The second-order valence-electron chi connectivity index (χ2n) is 4.95. The Labute approximate surface area is 108 Å². The number of ether oxygens (including phenoxy) is 2. The maximum Gasteiger partial charge on any atom is 0.163 e. The molecule has 1 heterocycles. The predicted octanol–water partition coefficient (Wildman–Crippen LogP) is 3.99. The third-order valence-corrected chi connectivity index (χ3v) is 3.02. The molecule has 2 rings (SSSR count). The van der Waals surface area contributed by atoms with Crippen molar-refractivity contribution >= 4 is 10.9 Å².